The first-order valence-electron chi connectivity index (χ1n) is 10.8. The molecule has 0 fully saturated rings. The molecule has 0 spiro atoms. The van der Waals surface area contributed by atoms with Crippen LogP contribution in [0.25, 0.3) is 11.0 Å². The van der Waals surface area contributed by atoms with Gasteiger partial charge >= 0.3 is 0 Å². The van der Waals surface area contributed by atoms with E-state index in [0.29, 0.717) is 34.4 Å². The fourth-order valence-corrected chi connectivity index (χ4v) is 4.07. The van der Waals surface area contributed by atoms with Crippen molar-refractivity contribution < 1.29 is 9.53 Å². The number of halogens is 2. The zero-order chi connectivity index (χ0) is 22.4. The Balaban J connectivity index is 1.99. The maximum absolute atomic E-state index is 13.5. The summed E-state index contributed by atoms with van der Waals surface area (Å²) < 4.78 is 7.59. The highest BCUT2D eigenvalue weighted by Crippen LogP contribution is 2.26. The van der Waals surface area contributed by atoms with Crippen LogP contribution in [0.5, 0.6) is 5.75 Å². The van der Waals surface area contributed by atoms with Gasteiger partial charge in [0.15, 0.2) is 0 Å². The van der Waals surface area contributed by atoms with Crippen LogP contribution in [0.1, 0.15) is 55.7 Å². The minimum Gasteiger partial charge on any atom is -0.496 e. The van der Waals surface area contributed by atoms with Crippen molar-refractivity contribution in [3.05, 3.63) is 57.8 Å². The first kappa shape index (κ1) is 23.4. The Hall–Kier alpha value is -2.24. The number of methoxy groups -OCH3 is 1. The molecule has 0 saturated heterocycles. The Kier molecular flexibility index (Phi) is 8.22. The third-order valence-electron chi connectivity index (χ3n) is 5.28. The van der Waals surface area contributed by atoms with Gasteiger partial charge < -0.3 is 14.2 Å². The lowest BCUT2D eigenvalue weighted by atomic mass is 10.1. The van der Waals surface area contributed by atoms with Gasteiger partial charge in [0, 0.05) is 23.1 Å². The number of fused-ring (bicyclic) bond motifs is 1. The van der Waals surface area contributed by atoms with Crippen molar-refractivity contribution in [2.45, 2.75) is 52.6 Å². The standard InChI is InChI=1S/C24H29Cl2N3O2/c1-4-6-7-13-28(24(30)19-14-17(25)9-11-22(19)31-3)16-23-27-20-10-8-18(26)15-21(20)29(23)12-5-2/h8-11,14-15H,4-7,12-13,16H2,1-3H3. The maximum Gasteiger partial charge on any atom is 0.258 e. The van der Waals surface area contributed by atoms with Gasteiger partial charge in [0.25, 0.3) is 5.91 Å². The van der Waals surface area contributed by atoms with Crippen molar-refractivity contribution in [3.63, 3.8) is 0 Å². The average molecular weight is 462 g/mol. The predicted octanol–water partition coefficient (Wildman–Crippen LogP) is 6.59. The number of unbranched alkanes of at least 4 members (excludes halogenated alkanes) is 2. The second kappa shape index (κ2) is 10.9. The summed E-state index contributed by atoms with van der Waals surface area (Å²) in [5, 5.41) is 1.18. The minimum atomic E-state index is -0.108. The number of ether oxygens (including phenoxy) is 1. The molecule has 31 heavy (non-hydrogen) atoms. The van der Waals surface area contributed by atoms with E-state index in [1.165, 1.54) is 0 Å². The summed E-state index contributed by atoms with van der Waals surface area (Å²) in [7, 11) is 1.56. The van der Waals surface area contributed by atoms with Crippen molar-refractivity contribution >= 4 is 40.1 Å². The summed E-state index contributed by atoms with van der Waals surface area (Å²) in [6.45, 7) is 6.13. The summed E-state index contributed by atoms with van der Waals surface area (Å²) >= 11 is 12.4. The first-order chi connectivity index (χ1) is 15.0. The summed E-state index contributed by atoms with van der Waals surface area (Å²) in [6, 6.07) is 10.8. The van der Waals surface area contributed by atoms with Gasteiger partial charge in [-0.15, -0.1) is 0 Å². The number of rotatable bonds is 10. The molecule has 0 aliphatic rings. The Bertz CT molecular complexity index is 1050. The van der Waals surface area contributed by atoms with E-state index in [4.69, 9.17) is 32.9 Å². The smallest absolute Gasteiger partial charge is 0.258 e. The molecule has 0 aliphatic heterocycles. The second-order valence-electron chi connectivity index (χ2n) is 7.59. The number of aryl methyl sites for hydroxylation is 1. The fraction of sp³-hybridized carbons (Fsp3) is 0.417. The SMILES string of the molecule is CCCCCN(Cc1nc2ccc(Cl)cc2n1CCC)C(=O)c1cc(Cl)ccc1OC. The van der Waals surface area contributed by atoms with Crippen LogP contribution in [-0.2, 0) is 13.1 Å². The number of carbonyl (C=O) groups is 1. The highest BCUT2D eigenvalue weighted by atomic mass is 35.5. The Morgan fingerprint density at radius 1 is 1.06 bits per heavy atom. The molecular weight excluding hydrogens is 433 g/mol. The Labute approximate surface area is 193 Å². The highest BCUT2D eigenvalue weighted by molar-refractivity contribution is 6.31. The van der Waals surface area contributed by atoms with Crippen molar-refractivity contribution in [2.75, 3.05) is 13.7 Å². The van der Waals surface area contributed by atoms with Crippen molar-refractivity contribution in [1.29, 1.82) is 0 Å². The van der Waals surface area contributed by atoms with Crippen LogP contribution in [0.3, 0.4) is 0 Å². The van der Waals surface area contributed by atoms with Gasteiger partial charge in [-0.2, -0.15) is 0 Å². The lowest BCUT2D eigenvalue weighted by Crippen LogP contribution is -2.33. The van der Waals surface area contributed by atoms with Crippen LogP contribution in [0.2, 0.25) is 10.0 Å². The molecule has 3 aromatic rings. The van der Waals surface area contributed by atoms with Gasteiger partial charge in [0.2, 0.25) is 0 Å². The number of hydrogen-bond acceptors (Lipinski definition) is 3. The minimum absolute atomic E-state index is 0.108. The van der Waals surface area contributed by atoms with Gasteiger partial charge in [0.1, 0.15) is 11.6 Å². The predicted molar refractivity (Wildman–Crippen MR) is 127 cm³/mol. The maximum atomic E-state index is 13.5. The average Bonchev–Trinajstić information content (AvgIpc) is 3.09. The van der Waals surface area contributed by atoms with Gasteiger partial charge in [-0.25, -0.2) is 4.98 Å². The molecule has 1 amide bonds. The number of carbonyl (C=O) groups excluding carboxylic acids is 1. The molecule has 0 unspecified atom stereocenters. The van der Waals surface area contributed by atoms with Gasteiger partial charge in [0.05, 0.1) is 30.3 Å². The zero-order valence-corrected chi connectivity index (χ0v) is 19.8. The van der Waals surface area contributed by atoms with Crippen LogP contribution >= 0.6 is 23.2 Å². The third kappa shape index (κ3) is 5.52. The summed E-state index contributed by atoms with van der Waals surface area (Å²) in [4.78, 5) is 20.2. The van der Waals surface area contributed by atoms with Crippen LogP contribution in [0.4, 0.5) is 0 Å². The number of aromatic nitrogens is 2. The molecule has 0 aliphatic carbocycles. The zero-order valence-electron chi connectivity index (χ0n) is 18.3. The van der Waals surface area contributed by atoms with E-state index in [9.17, 15) is 4.79 Å². The Morgan fingerprint density at radius 2 is 1.81 bits per heavy atom. The van der Waals surface area contributed by atoms with Gasteiger partial charge in [-0.1, -0.05) is 49.9 Å². The van der Waals surface area contributed by atoms with Crippen molar-refractivity contribution in [2.24, 2.45) is 0 Å². The van der Waals surface area contributed by atoms with E-state index >= 15 is 0 Å². The molecule has 3 rings (SSSR count). The molecule has 1 aromatic heterocycles. The summed E-state index contributed by atoms with van der Waals surface area (Å²) in [5.41, 5.74) is 2.34. The highest BCUT2D eigenvalue weighted by Gasteiger charge is 2.23. The van der Waals surface area contributed by atoms with E-state index in [-0.39, 0.29) is 5.91 Å². The number of hydrogen-bond donors (Lipinski definition) is 0. The van der Waals surface area contributed by atoms with Gasteiger partial charge in [-0.05, 0) is 49.2 Å². The molecule has 7 heteroatoms. The molecule has 5 nitrogen and oxygen atoms in total. The third-order valence-corrected chi connectivity index (χ3v) is 5.75. The molecule has 2 aromatic carbocycles. The monoisotopic (exact) mass is 461 g/mol. The lowest BCUT2D eigenvalue weighted by Gasteiger charge is -2.24. The number of amides is 1. The molecule has 0 radical (unpaired) electrons. The Morgan fingerprint density at radius 3 is 2.52 bits per heavy atom. The quantitative estimate of drug-likeness (QED) is 0.319. The largest absolute Gasteiger partial charge is 0.496 e. The molecule has 0 bridgehead atoms. The van der Waals surface area contributed by atoms with E-state index < -0.39 is 0 Å². The van der Waals surface area contributed by atoms with Crippen LogP contribution in [0, 0.1) is 0 Å². The van der Waals surface area contributed by atoms with Crippen molar-refractivity contribution in [3.8, 4) is 5.75 Å². The first-order valence-corrected chi connectivity index (χ1v) is 11.5. The number of imidazole rings is 1. The molecule has 1 heterocycles. The molecule has 166 valence electrons. The molecular formula is C24H29Cl2N3O2. The van der Waals surface area contributed by atoms with Crippen LogP contribution < -0.4 is 4.74 Å². The van der Waals surface area contributed by atoms with Crippen LogP contribution in [-0.4, -0.2) is 34.0 Å². The second-order valence-corrected chi connectivity index (χ2v) is 8.46. The molecule has 0 saturated carbocycles. The molecule has 0 atom stereocenters. The van der Waals surface area contributed by atoms with E-state index in [2.05, 4.69) is 18.4 Å². The number of nitrogens with zero attached hydrogens (tertiary/aromatic N) is 3. The van der Waals surface area contributed by atoms with Crippen molar-refractivity contribution in [1.82, 2.24) is 14.5 Å². The lowest BCUT2D eigenvalue weighted by molar-refractivity contribution is 0.0730. The van der Waals surface area contributed by atoms with Gasteiger partial charge in [-0.3, -0.25) is 4.79 Å². The van der Waals surface area contributed by atoms with Crippen LogP contribution in [0.15, 0.2) is 36.4 Å². The fourth-order valence-electron chi connectivity index (χ4n) is 3.73. The van der Waals surface area contributed by atoms with E-state index in [0.717, 1.165) is 49.1 Å². The van der Waals surface area contributed by atoms with E-state index in [1.807, 2.05) is 23.1 Å². The van der Waals surface area contributed by atoms with E-state index in [1.54, 1.807) is 25.3 Å². The topological polar surface area (TPSA) is 47.4 Å². The number of benzene rings is 2. The summed E-state index contributed by atoms with van der Waals surface area (Å²) in [6.07, 6.45) is 4.01. The normalized spacial score (nSPS) is 11.1. The summed E-state index contributed by atoms with van der Waals surface area (Å²) in [5.74, 6) is 1.26. The molecule has 0 N–H and O–H groups in total.